The molecule has 146 valence electrons. The Morgan fingerprint density at radius 2 is 1.59 bits per heavy atom. The summed E-state index contributed by atoms with van der Waals surface area (Å²) < 4.78 is 22.7. The summed E-state index contributed by atoms with van der Waals surface area (Å²) >= 11 is 0. The van der Waals surface area contributed by atoms with E-state index in [9.17, 15) is 13.2 Å². The van der Waals surface area contributed by atoms with Gasteiger partial charge in [-0.15, -0.1) is 0 Å². The Morgan fingerprint density at radius 1 is 1.07 bits per heavy atom. The summed E-state index contributed by atoms with van der Waals surface area (Å²) in [5, 5.41) is 2.93. The molecule has 4 aliphatic rings. The van der Waals surface area contributed by atoms with Crippen LogP contribution < -0.4 is 5.32 Å². The highest BCUT2D eigenvalue weighted by atomic mass is 32.2. The van der Waals surface area contributed by atoms with E-state index in [1.54, 1.807) is 30.3 Å². The molecule has 1 amide bonds. The molecule has 1 N–H and O–H groups in total. The van der Waals surface area contributed by atoms with Crippen molar-refractivity contribution in [2.45, 2.75) is 51.2 Å². The van der Waals surface area contributed by atoms with E-state index in [2.05, 4.69) is 12.2 Å². The minimum absolute atomic E-state index is 0.0201. The number of amides is 1. The van der Waals surface area contributed by atoms with Gasteiger partial charge in [0.2, 0.25) is 5.91 Å². The third-order valence-electron chi connectivity index (χ3n) is 6.87. The molecule has 4 saturated carbocycles. The number of rotatable bonds is 5. The van der Waals surface area contributed by atoms with Crippen LogP contribution in [0.2, 0.25) is 0 Å². The molecule has 4 aliphatic carbocycles. The normalized spacial score (nSPS) is 32.5. The van der Waals surface area contributed by atoms with E-state index < -0.39 is 9.84 Å². The van der Waals surface area contributed by atoms with Crippen LogP contribution in [0, 0.1) is 23.2 Å². The Kier molecular flexibility index (Phi) is 4.69. The number of nitrogens with one attached hydrogen (secondary N) is 1. The van der Waals surface area contributed by atoms with Gasteiger partial charge in [0.1, 0.15) is 0 Å². The van der Waals surface area contributed by atoms with Crippen LogP contribution in [0.4, 0.5) is 5.69 Å². The van der Waals surface area contributed by atoms with Crippen LogP contribution in [0.25, 0.3) is 0 Å². The summed E-state index contributed by atoms with van der Waals surface area (Å²) in [6.07, 6.45) is 11.0. The van der Waals surface area contributed by atoms with E-state index in [4.69, 9.17) is 0 Å². The standard InChI is InChI=1S/C22H29NO3S/c1-15(22-11-17-8-18(12-22)10-19(9-17)13-22)7-21(24)23-20-5-3-16(4-6-20)14-27(2,25)26/h3-7,17-19H,8-14H2,1-2H3,(H,23,24)/b15-7-. The Balaban J connectivity index is 1.43. The predicted molar refractivity (Wildman–Crippen MR) is 108 cm³/mol. The van der Waals surface area contributed by atoms with E-state index >= 15 is 0 Å². The fourth-order valence-electron chi connectivity index (χ4n) is 6.11. The second-order valence-corrected chi connectivity index (χ2v) is 11.4. The van der Waals surface area contributed by atoms with Crippen molar-refractivity contribution in [1.29, 1.82) is 0 Å². The molecule has 0 spiro atoms. The van der Waals surface area contributed by atoms with E-state index in [0.29, 0.717) is 5.69 Å². The van der Waals surface area contributed by atoms with Gasteiger partial charge >= 0.3 is 0 Å². The van der Waals surface area contributed by atoms with E-state index in [1.165, 1.54) is 50.4 Å². The number of carbonyl (C=O) groups is 1. The predicted octanol–water partition coefficient (Wildman–Crippen LogP) is 4.33. The Labute approximate surface area is 162 Å². The molecule has 0 atom stereocenters. The summed E-state index contributed by atoms with van der Waals surface area (Å²) in [6.45, 7) is 2.14. The number of hydrogen-bond acceptors (Lipinski definition) is 3. The topological polar surface area (TPSA) is 63.2 Å². The molecule has 4 bridgehead atoms. The summed E-state index contributed by atoms with van der Waals surface area (Å²) in [7, 11) is -3.05. The van der Waals surface area contributed by atoms with Gasteiger partial charge in [-0.2, -0.15) is 0 Å². The van der Waals surface area contributed by atoms with Crippen LogP contribution in [-0.4, -0.2) is 20.6 Å². The number of allylic oxidation sites excluding steroid dienone is 1. The monoisotopic (exact) mass is 387 g/mol. The van der Waals surface area contributed by atoms with Crippen molar-refractivity contribution >= 4 is 21.4 Å². The molecule has 4 nitrogen and oxygen atoms in total. The minimum atomic E-state index is -3.05. The van der Waals surface area contributed by atoms with Crippen LogP contribution in [0.15, 0.2) is 35.9 Å². The smallest absolute Gasteiger partial charge is 0.248 e. The Morgan fingerprint density at radius 3 is 2.07 bits per heavy atom. The van der Waals surface area contributed by atoms with Gasteiger partial charge in [-0.25, -0.2) is 8.42 Å². The highest BCUT2D eigenvalue weighted by Crippen LogP contribution is 2.62. The number of hydrogen-bond donors (Lipinski definition) is 1. The minimum Gasteiger partial charge on any atom is -0.323 e. The van der Waals surface area contributed by atoms with Crippen LogP contribution in [0.1, 0.15) is 51.0 Å². The SMILES string of the molecule is C/C(=C/C(=O)Nc1ccc(CS(C)(=O)=O)cc1)C12CC3CC(CC(C3)C1)C2. The molecule has 5 rings (SSSR count). The van der Waals surface area contributed by atoms with Gasteiger partial charge in [0, 0.05) is 18.0 Å². The third-order valence-corrected chi connectivity index (χ3v) is 7.73. The van der Waals surface area contributed by atoms with E-state index in [-0.39, 0.29) is 17.1 Å². The number of anilines is 1. The summed E-state index contributed by atoms with van der Waals surface area (Å²) in [6, 6.07) is 7.05. The summed E-state index contributed by atoms with van der Waals surface area (Å²) in [5.74, 6) is 2.53. The van der Waals surface area contributed by atoms with Gasteiger partial charge in [-0.3, -0.25) is 4.79 Å². The average Bonchev–Trinajstić information content (AvgIpc) is 2.54. The molecule has 0 unspecified atom stereocenters. The molecule has 1 aromatic rings. The highest BCUT2D eigenvalue weighted by molar-refractivity contribution is 7.89. The maximum absolute atomic E-state index is 12.5. The van der Waals surface area contributed by atoms with Crippen molar-refractivity contribution in [2.75, 3.05) is 11.6 Å². The first-order valence-electron chi connectivity index (χ1n) is 9.97. The lowest BCUT2D eigenvalue weighted by atomic mass is 9.48. The van der Waals surface area contributed by atoms with Crippen molar-refractivity contribution in [3.05, 3.63) is 41.5 Å². The van der Waals surface area contributed by atoms with Crippen LogP contribution in [0.3, 0.4) is 0 Å². The maximum atomic E-state index is 12.5. The molecule has 0 aromatic heterocycles. The number of benzene rings is 1. The second kappa shape index (κ2) is 6.77. The lowest BCUT2D eigenvalue weighted by molar-refractivity contribution is -0.112. The molecule has 0 heterocycles. The third kappa shape index (κ3) is 4.13. The van der Waals surface area contributed by atoms with Crippen molar-refractivity contribution in [3.63, 3.8) is 0 Å². The molecule has 0 aliphatic heterocycles. The first-order valence-corrected chi connectivity index (χ1v) is 12.0. The first kappa shape index (κ1) is 18.7. The van der Waals surface area contributed by atoms with Crippen molar-refractivity contribution in [2.24, 2.45) is 23.2 Å². The zero-order chi connectivity index (χ0) is 19.2. The number of carbonyl (C=O) groups excluding carboxylic acids is 1. The van der Waals surface area contributed by atoms with Crippen molar-refractivity contribution in [1.82, 2.24) is 0 Å². The first-order chi connectivity index (χ1) is 12.7. The quantitative estimate of drug-likeness (QED) is 0.765. The van der Waals surface area contributed by atoms with Crippen molar-refractivity contribution < 1.29 is 13.2 Å². The lowest BCUT2D eigenvalue weighted by Crippen LogP contribution is -2.46. The van der Waals surface area contributed by atoms with Gasteiger partial charge in [-0.05, 0) is 86.3 Å². The van der Waals surface area contributed by atoms with Gasteiger partial charge in [0.25, 0.3) is 0 Å². The Hall–Kier alpha value is -1.62. The average molecular weight is 388 g/mol. The molecule has 0 radical (unpaired) electrons. The van der Waals surface area contributed by atoms with Gasteiger partial charge in [0.05, 0.1) is 5.75 Å². The van der Waals surface area contributed by atoms with Crippen LogP contribution in [-0.2, 0) is 20.4 Å². The summed E-state index contributed by atoms with van der Waals surface area (Å²) in [4.78, 5) is 12.5. The second-order valence-electron chi connectivity index (χ2n) is 9.28. The highest BCUT2D eigenvalue weighted by Gasteiger charge is 2.51. The fourth-order valence-corrected chi connectivity index (χ4v) is 6.91. The van der Waals surface area contributed by atoms with E-state index in [0.717, 1.165) is 23.3 Å². The zero-order valence-electron chi connectivity index (χ0n) is 16.2. The van der Waals surface area contributed by atoms with E-state index in [1.807, 2.05) is 0 Å². The number of sulfone groups is 1. The van der Waals surface area contributed by atoms with Gasteiger partial charge < -0.3 is 5.32 Å². The molecular weight excluding hydrogens is 358 g/mol. The van der Waals surface area contributed by atoms with Gasteiger partial charge in [0.15, 0.2) is 9.84 Å². The summed E-state index contributed by atoms with van der Waals surface area (Å²) in [5.41, 5.74) is 2.93. The van der Waals surface area contributed by atoms with Gasteiger partial charge in [-0.1, -0.05) is 17.7 Å². The van der Waals surface area contributed by atoms with Crippen LogP contribution in [0.5, 0.6) is 0 Å². The molecular formula is C22H29NO3S. The molecule has 1 aromatic carbocycles. The molecule has 0 saturated heterocycles. The van der Waals surface area contributed by atoms with Crippen molar-refractivity contribution in [3.8, 4) is 0 Å². The largest absolute Gasteiger partial charge is 0.323 e. The molecule has 5 heteroatoms. The van der Waals surface area contributed by atoms with Crippen LogP contribution >= 0.6 is 0 Å². The zero-order valence-corrected chi connectivity index (χ0v) is 17.0. The molecule has 27 heavy (non-hydrogen) atoms. The Bertz CT molecular complexity index is 832. The lowest BCUT2D eigenvalue weighted by Gasteiger charge is -2.57. The molecule has 4 fully saturated rings. The fraction of sp³-hybridized carbons (Fsp3) is 0.591. The maximum Gasteiger partial charge on any atom is 0.248 e.